The van der Waals surface area contributed by atoms with Crippen molar-refractivity contribution in [2.75, 3.05) is 26.3 Å². The van der Waals surface area contributed by atoms with E-state index in [1.165, 1.54) is 17.0 Å². The number of likely N-dealkylation sites (N-methyl/N-ethyl adjacent to an activating group) is 1. The lowest BCUT2D eigenvalue weighted by Crippen LogP contribution is -2.51. The van der Waals surface area contributed by atoms with E-state index in [-0.39, 0.29) is 12.5 Å². The Morgan fingerprint density at radius 3 is 2.59 bits per heavy atom. The van der Waals surface area contributed by atoms with Crippen LogP contribution in [0.25, 0.3) is 0 Å². The van der Waals surface area contributed by atoms with Crippen molar-refractivity contribution >= 4 is 11.9 Å². The van der Waals surface area contributed by atoms with Gasteiger partial charge in [0.1, 0.15) is 12.4 Å². The van der Waals surface area contributed by atoms with Crippen LogP contribution in [0.15, 0.2) is 24.3 Å². The van der Waals surface area contributed by atoms with Crippen LogP contribution in [-0.2, 0) is 19.7 Å². The molecule has 1 aromatic rings. The Bertz CT molecular complexity index is 555. The first-order valence-electron chi connectivity index (χ1n) is 7.34. The minimum Gasteiger partial charge on any atom is -0.480 e. The fraction of sp³-hybridized carbons (Fsp3) is 0.500. The minimum atomic E-state index is -1.06. The molecule has 1 fully saturated rings. The lowest BCUT2D eigenvalue weighted by Gasteiger charge is -2.39. The van der Waals surface area contributed by atoms with E-state index in [9.17, 15) is 14.0 Å². The number of hydrogen-bond donors (Lipinski definition) is 1. The summed E-state index contributed by atoms with van der Waals surface area (Å²) in [7, 11) is 0. The number of halogens is 1. The molecule has 5 nitrogen and oxygen atoms in total. The molecule has 1 amide bonds. The molecule has 1 aliphatic heterocycles. The molecular formula is C16H20FNO4. The Morgan fingerprint density at radius 1 is 1.36 bits per heavy atom. The fourth-order valence-electron chi connectivity index (χ4n) is 2.93. The summed E-state index contributed by atoms with van der Waals surface area (Å²) >= 11 is 0. The molecule has 0 saturated carbocycles. The van der Waals surface area contributed by atoms with Crippen molar-refractivity contribution in [3.8, 4) is 0 Å². The molecule has 1 N–H and O–H groups in total. The summed E-state index contributed by atoms with van der Waals surface area (Å²) in [5.41, 5.74) is -0.323. The first kappa shape index (κ1) is 16.4. The number of carboxylic acids is 1. The number of carbonyl (C=O) groups excluding carboxylic acids is 1. The summed E-state index contributed by atoms with van der Waals surface area (Å²) in [6.07, 6.45) is 0.844. The topological polar surface area (TPSA) is 66.8 Å². The Morgan fingerprint density at radius 2 is 2.05 bits per heavy atom. The smallest absolute Gasteiger partial charge is 0.323 e. The van der Waals surface area contributed by atoms with Gasteiger partial charge in [-0.1, -0.05) is 12.1 Å². The summed E-state index contributed by atoms with van der Waals surface area (Å²) in [6, 6.07) is 5.98. The third-order valence-corrected chi connectivity index (χ3v) is 4.13. The Hall–Kier alpha value is -1.95. The van der Waals surface area contributed by atoms with Crippen LogP contribution in [0.3, 0.4) is 0 Å². The molecule has 22 heavy (non-hydrogen) atoms. The van der Waals surface area contributed by atoms with Gasteiger partial charge < -0.3 is 14.7 Å². The average Bonchev–Trinajstić information content (AvgIpc) is 2.52. The summed E-state index contributed by atoms with van der Waals surface area (Å²) in [6.45, 7) is 2.47. The number of rotatable bonds is 5. The highest BCUT2D eigenvalue weighted by atomic mass is 19.1. The summed E-state index contributed by atoms with van der Waals surface area (Å²) in [5, 5.41) is 8.98. The van der Waals surface area contributed by atoms with Gasteiger partial charge in [0.25, 0.3) is 0 Å². The van der Waals surface area contributed by atoms with Gasteiger partial charge in [-0.15, -0.1) is 0 Å². The van der Waals surface area contributed by atoms with Crippen molar-refractivity contribution in [3.05, 3.63) is 35.6 Å². The predicted molar refractivity (Wildman–Crippen MR) is 78.0 cm³/mol. The zero-order chi connectivity index (χ0) is 16.2. The number of hydrogen-bond acceptors (Lipinski definition) is 3. The molecule has 1 aliphatic rings. The number of carbonyl (C=O) groups is 2. The van der Waals surface area contributed by atoms with Gasteiger partial charge in [-0.2, -0.15) is 0 Å². The normalized spacial score (nSPS) is 17.0. The molecule has 0 unspecified atom stereocenters. The second-order valence-corrected chi connectivity index (χ2v) is 5.42. The van der Waals surface area contributed by atoms with Crippen molar-refractivity contribution in [2.45, 2.75) is 25.2 Å². The van der Waals surface area contributed by atoms with E-state index in [1.807, 2.05) is 0 Å². The van der Waals surface area contributed by atoms with Gasteiger partial charge in [0, 0.05) is 19.8 Å². The molecule has 0 atom stereocenters. The lowest BCUT2D eigenvalue weighted by atomic mass is 9.73. The van der Waals surface area contributed by atoms with Gasteiger partial charge in [0.05, 0.1) is 5.41 Å². The molecule has 2 rings (SSSR count). The monoisotopic (exact) mass is 309 g/mol. The van der Waals surface area contributed by atoms with Crippen molar-refractivity contribution in [3.63, 3.8) is 0 Å². The van der Waals surface area contributed by atoms with Crippen LogP contribution in [0.4, 0.5) is 4.39 Å². The third-order valence-electron chi connectivity index (χ3n) is 4.13. The number of ether oxygens (including phenoxy) is 1. The number of benzene rings is 1. The predicted octanol–water partition coefficient (Wildman–Crippen LogP) is 1.81. The maximum absolute atomic E-state index is 13.6. The lowest BCUT2D eigenvalue weighted by molar-refractivity contribution is -0.149. The van der Waals surface area contributed by atoms with E-state index < -0.39 is 17.2 Å². The number of carboxylic acid groups (broad SMARTS) is 1. The van der Waals surface area contributed by atoms with Crippen LogP contribution in [0.5, 0.6) is 0 Å². The highest BCUT2D eigenvalue weighted by molar-refractivity contribution is 5.90. The van der Waals surface area contributed by atoms with Gasteiger partial charge in [0.15, 0.2) is 0 Å². The largest absolute Gasteiger partial charge is 0.480 e. The molecule has 0 aromatic heterocycles. The second-order valence-electron chi connectivity index (χ2n) is 5.42. The second kappa shape index (κ2) is 6.87. The van der Waals surface area contributed by atoms with Crippen LogP contribution < -0.4 is 0 Å². The number of aliphatic carboxylic acids is 1. The first-order chi connectivity index (χ1) is 10.5. The van der Waals surface area contributed by atoms with Crippen LogP contribution in [0.2, 0.25) is 0 Å². The Balaban J connectivity index is 2.40. The number of amides is 1. The van der Waals surface area contributed by atoms with E-state index in [1.54, 1.807) is 19.1 Å². The van der Waals surface area contributed by atoms with Gasteiger partial charge in [0.2, 0.25) is 5.91 Å². The zero-order valence-corrected chi connectivity index (χ0v) is 12.5. The van der Waals surface area contributed by atoms with Crippen LogP contribution in [0.1, 0.15) is 25.3 Å². The van der Waals surface area contributed by atoms with Crippen LogP contribution >= 0.6 is 0 Å². The van der Waals surface area contributed by atoms with E-state index in [0.717, 1.165) is 0 Å². The van der Waals surface area contributed by atoms with Gasteiger partial charge >= 0.3 is 5.97 Å². The van der Waals surface area contributed by atoms with Gasteiger partial charge in [-0.3, -0.25) is 9.59 Å². The molecule has 0 spiro atoms. The molecular weight excluding hydrogens is 289 g/mol. The van der Waals surface area contributed by atoms with Crippen molar-refractivity contribution in [1.29, 1.82) is 0 Å². The molecule has 0 bridgehead atoms. The maximum Gasteiger partial charge on any atom is 0.323 e. The average molecular weight is 309 g/mol. The highest BCUT2D eigenvalue weighted by Gasteiger charge is 2.44. The molecule has 0 radical (unpaired) electrons. The quantitative estimate of drug-likeness (QED) is 0.901. The van der Waals surface area contributed by atoms with E-state index in [4.69, 9.17) is 9.84 Å². The summed E-state index contributed by atoms with van der Waals surface area (Å²) in [4.78, 5) is 25.3. The fourth-order valence-corrected chi connectivity index (χ4v) is 2.93. The Kier molecular flexibility index (Phi) is 5.13. The molecule has 0 aliphatic carbocycles. The third kappa shape index (κ3) is 3.27. The highest BCUT2D eigenvalue weighted by Crippen LogP contribution is 2.37. The maximum atomic E-state index is 13.6. The standard InChI is InChI=1S/C16H20FNO4/c1-2-18(11-14(19)20)15(21)16(6-8-22-9-7-16)12-4-3-5-13(17)10-12/h3-5,10H,2,6-9,11H2,1H3,(H,19,20). The molecule has 1 saturated heterocycles. The van der Waals surface area contributed by atoms with Gasteiger partial charge in [-0.05, 0) is 37.5 Å². The molecule has 120 valence electrons. The summed E-state index contributed by atoms with van der Waals surface area (Å²) < 4.78 is 18.9. The van der Waals surface area contributed by atoms with E-state index in [0.29, 0.717) is 38.2 Å². The Labute approximate surface area is 128 Å². The number of nitrogens with zero attached hydrogens (tertiary/aromatic N) is 1. The minimum absolute atomic E-state index is 0.272. The molecule has 6 heteroatoms. The molecule has 1 heterocycles. The van der Waals surface area contributed by atoms with E-state index in [2.05, 4.69) is 0 Å². The van der Waals surface area contributed by atoms with Crippen molar-refractivity contribution in [1.82, 2.24) is 4.90 Å². The van der Waals surface area contributed by atoms with Crippen molar-refractivity contribution < 1.29 is 23.8 Å². The molecule has 1 aromatic carbocycles. The summed E-state index contributed by atoms with van der Waals surface area (Å²) in [5.74, 6) is -1.74. The van der Waals surface area contributed by atoms with E-state index >= 15 is 0 Å². The van der Waals surface area contributed by atoms with Crippen LogP contribution in [-0.4, -0.2) is 48.2 Å². The van der Waals surface area contributed by atoms with Crippen molar-refractivity contribution in [2.24, 2.45) is 0 Å². The van der Waals surface area contributed by atoms with Gasteiger partial charge in [-0.25, -0.2) is 4.39 Å². The SMILES string of the molecule is CCN(CC(=O)O)C(=O)C1(c2cccc(F)c2)CCOCC1. The van der Waals surface area contributed by atoms with Crippen LogP contribution in [0, 0.1) is 5.82 Å². The first-order valence-corrected chi connectivity index (χ1v) is 7.34. The zero-order valence-electron chi connectivity index (χ0n) is 12.5.